The van der Waals surface area contributed by atoms with E-state index in [0.717, 1.165) is 11.0 Å². The molecule has 2 aromatic carbocycles. The Kier molecular flexibility index (Phi) is 5.69. The third-order valence-corrected chi connectivity index (χ3v) is 4.74. The lowest BCUT2D eigenvalue weighted by Crippen LogP contribution is -2.60. The third kappa shape index (κ3) is 4.01. The fourth-order valence-corrected chi connectivity index (χ4v) is 3.16. The molecule has 1 aliphatic rings. The van der Waals surface area contributed by atoms with Crippen LogP contribution in [-0.2, 0) is 22.7 Å². The fraction of sp³-hybridized carbons (Fsp3) is 0.300. The molecule has 5 nitrogen and oxygen atoms in total. The van der Waals surface area contributed by atoms with Gasteiger partial charge >= 0.3 is 0 Å². The molecule has 0 saturated carbocycles. The fourth-order valence-electron chi connectivity index (χ4n) is 3.16. The Balaban J connectivity index is 1.69. The summed E-state index contributed by atoms with van der Waals surface area (Å²) in [6, 6.07) is 9.05. The lowest BCUT2D eigenvalue weighted by atomic mass is 9.90. The van der Waals surface area contributed by atoms with Crippen LogP contribution in [0.4, 0.5) is 13.2 Å². The normalized spacial score (nSPS) is 19.6. The lowest BCUT2D eigenvalue weighted by Gasteiger charge is -2.37. The van der Waals surface area contributed by atoms with Gasteiger partial charge in [-0.15, -0.1) is 0 Å². The van der Waals surface area contributed by atoms with Gasteiger partial charge in [-0.3, -0.25) is 9.59 Å². The third-order valence-electron chi connectivity index (χ3n) is 4.74. The number of rotatable bonds is 5. The molecular weight excluding hydrogens is 373 g/mol. The van der Waals surface area contributed by atoms with Crippen molar-refractivity contribution >= 4 is 11.8 Å². The second kappa shape index (κ2) is 8.02. The quantitative estimate of drug-likeness (QED) is 0.767. The number of benzene rings is 2. The van der Waals surface area contributed by atoms with E-state index in [4.69, 9.17) is 0 Å². The van der Waals surface area contributed by atoms with Gasteiger partial charge < -0.3 is 15.3 Å². The van der Waals surface area contributed by atoms with Gasteiger partial charge in [0, 0.05) is 25.2 Å². The number of hydrogen-bond donors (Lipinski definition) is 2. The summed E-state index contributed by atoms with van der Waals surface area (Å²) in [4.78, 5) is 26.3. The summed E-state index contributed by atoms with van der Waals surface area (Å²) in [5.74, 6) is -4.26. The van der Waals surface area contributed by atoms with Crippen molar-refractivity contribution in [3.63, 3.8) is 0 Å². The van der Waals surface area contributed by atoms with Gasteiger partial charge in [-0.1, -0.05) is 24.3 Å². The first kappa shape index (κ1) is 19.9. The maximum atomic E-state index is 13.9. The number of hydrogen-bond acceptors (Lipinski definition) is 3. The number of nitrogens with one attached hydrogen (secondary N) is 1. The van der Waals surface area contributed by atoms with Crippen LogP contribution in [0.15, 0.2) is 42.5 Å². The minimum absolute atomic E-state index is 0.00717. The van der Waals surface area contributed by atoms with Gasteiger partial charge in [0.2, 0.25) is 5.60 Å². The highest BCUT2D eigenvalue weighted by Gasteiger charge is 2.48. The molecule has 0 spiro atoms. The molecule has 0 bridgehead atoms. The molecular formula is C20H19F3N2O3. The predicted molar refractivity (Wildman–Crippen MR) is 94.2 cm³/mol. The second-order valence-corrected chi connectivity index (χ2v) is 6.71. The standard InChI is InChI=1S/C20H19F3N2O3/c21-15-7-5-13(6-8-15)11-24-18(26)20(28)9-2-10-25(19(20)27)12-14-3-1-4-16(22)17(14)23/h1,3-8,28H,2,9-12H2,(H,24,26)/t20-/m0/s1. The lowest BCUT2D eigenvalue weighted by molar-refractivity contribution is -0.166. The molecule has 148 valence electrons. The SMILES string of the molecule is O=C(NCc1ccc(F)cc1)[C@@]1(O)CCCN(Cc2cccc(F)c2F)C1=O. The summed E-state index contributed by atoms with van der Waals surface area (Å²) in [7, 11) is 0. The van der Waals surface area contributed by atoms with Crippen LogP contribution < -0.4 is 5.32 Å². The van der Waals surface area contributed by atoms with Gasteiger partial charge in [0.1, 0.15) is 5.82 Å². The highest BCUT2D eigenvalue weighted by Crippen LogP contribution is 2.25. The summed E-state index contributed by atoms with van der Waals surface area (Å²) >= 11 is 0. The van der Waals surface area contributed by atoms with Crippen molar-refractivity contribution in [1.29, 1.82) is 0 Å². The first-order chi connectivity index (χ1) is 13.3. The van der Waals surface area contributed by atoms with E-state index in [0.29, 0.717) is 12.0 Å². The van der Waals surface area contributed by atoms with Gasteiger partial charge in [0.25, 0.3) is 11.8 Å². The molecule has 1 heterocycles. The summed E-state index contributed by atoms with van der Waals surface area (Å²) < 4.78 is 40.2. The molecule has 0 aromatic heterocycles. The number of carbonyl (C=O) groups excluding carboxylic acids is 2. The zero-order valence-electron chi connectivity index (χ0n) is 14.9. The molecule has 1 atom stereocenters. The van der Waals surface area contributed by atoms with Crippen LogP contribution in [0, 0.1) is 17.5 Å². The molecule has 1 aliphatic heterocycles. The predicted octanol–water partition coefficient (Wildman–Crippen LogP) is 2.27. The molecule has 8 heteroatoms. The maximum absolute atomic E-state index is 13.9. The summed E-state index contributed by atoms with van der Waals surface area (Å²) in [6.07, 6.45) is 0.242. The molecule has 0 aliphatic carbocycles. The highest BCUT2D eigenvalue weighted by atomic mass is 19.2. The maximum Gasteiger partial charge on any atom is 0.264 e. The Morgan fingerprint density at radius 3 is 2.57 bits per heavy atom. The minimum Gasteiger partial charge on any atom is -0.372 e. The zero-order chi connectivity index (χ0) is 20.3. The van der Waals surface area contributed by atoms with E-state index in [2.05, 4.69) is 5.32 Å². The molecule has 1 saturated heterocycles. The molecule has 0 unspecified atom stereocenters. The number of nitrogens with zero attached hydrogens (tertiary/aromatic N) is 1. The van der Waals surface area contributed by atoms with Gasteiger partial charge in [0.15, 0.2) is 11.6 Å². The van der Waals surface area contributed by atoms with Crippen molar-refractivity contribution in [3.8, 4) is 0 Å². The van der Waals surface area contributed by atoms with Crippen molar-refractivity contribution < 1.29 is 27.9 Å². The van der Waals surface area contributed by atoms with Crippen LogP contribution in [-0.4, -0.2) is 34.0 Å². The first-order valence-electron chi connectivity index (χ1n) is 8.78. The molecule has 1 fully saturated rings. The van der Waals surface area contributed by atoms with Crippen molar-refractivity contribution in [2.45, 2.75) is 31.5 Å². The molecule has 28 heavy (non-hydrogen) atoms. The average Bonchev–Trinajstić information content (AvgIpc) is 2.68. The van der Waals surface area contributed by atoms with E-state index < -0.39 is 34.9 Å². The van der Waals surface area contributed by atoms with E-state index in [9.17, 15) is 27.9 Å². The Bertz CT molecular complexity index is 889. The van der Waals surface area contributed by atoms with Crippen molar-refractivity contribution in [3.05, 3.63) is 71.0 Å². The zero-order valence-corrected chi connectivity index (χ0v) is 14.9. The second-order valence-electron chi connectivity index (χ2n) is 6.71. The Morgan fingerprint density at radius 2 is 1.86 bits per heavy atom. The van der Waals surface area contributed by atoms with Crippen molar-refractivity contribution in [2.75, 3.05) is 6.54 Å². The number of piperidine rings is 1. The van der Waals surface area contributed by atoms with E-state index in [1.54, 1.807) is 0 Å². The summed E-state index contributed by atoms with van der Waals surface area (Å²) in [5.41, 5.74) is -1.73. The van der Waals surface area contributed by atoms with E-state index in [1.165, 1.54) is 36.4 Å². The number of amides is 2. The van der Waals surface area contributed by atoms with Crippen LogP contribution in [0.2, 0.25) is 0 Å². The summed E-state index contributed by atoms with van der Waals surface area (Å²) in [6.45, 7) is -0.0362. The van der Waals surface area contributed by atoms with Crippen LogP contribution in [0.5, 0.6) is 0 Å². The van der Waals surface area contributed by atoms with Crippen molar-refractivity contribution in [1.82, 2.24) is 10.2 Å². The van der Waals surface area contributed by atoms with Gasteiger partial charge in [-0.05, 0) is 36.6 Å². The van der Waals surface area contributed by atoms with Crippen molar-refractivity contribution in [2.24, 2.45) is 0 Å². The number of likely N-dealkylation sites (tertiary alicyclic amines) is 1. The van der Waals surface area contributed by atoms with E-state index >= 15 is 0 Å². The largest absolute Gasteiger partial charge is 0.372 e. The summed E-state index contributed by atoms with van der Waals surface area (Å²) in [5, 5.41) is 13.1. The molecule has 2 aromatic rings. The Hall–Kier alpha value is -2.87. The number of carbonyl (C=O) groups is 2. The molecule has 2 N–H and O–H groups in total. The number of halogens is 3. The van der Waals surface area contributed by atoms with E-state index in [1.807, 2.05) is 0 Å². The highest BCUT2D eigenvalue weighted by molar-refractivity contribution is 6.08. The van der Waals surface area contributed by atoms with Gasteiger partial charge in [-0.2, -0.15) is 0 Å². The number of aliphatic hydroxyl groups is 1. The monoisotopic (exact) mass is 392 g/mol. The van der Waals surface area contributed by atoms with E-state index in [-0.39, 0.29) is 31.6 Å². The minimum atomic E-state index is -2.29. The van der Waals surface area contributed by atoms with Crippen LogP contribution in [0.1, 0.15) is 24.0 Å². The molecule has 2 amide bonds. The van der Waals surface area contributed by atoms with Gasteiger partial charge in [0.05, 0.1) is 0 Å². The van der Waals surface area contributed by atoms with Crippen LogP contribution >= 0.6 is 0 Å². The first-order valence-corrected chi connectivity index (χ1v) is 8.78. The average molecular weight is 392 g/mol. The van der Waals surface area contributed by atoms with Crippen LogP contribution in [0.25, 0.3) is 0 Å². The van der Waals surface area contributed by atoms with Crippen LogP contribution in [0.3, 0.4) is 0 Å². The Labute approximate surface area is 159 Å². The topological polar surface area (TPSA) is 69.6 Å². The smallest absolute Gasteiger partial charge is 0.264 e. The molecule has 3 rings (SSSR count). The van der Waals surface area contributed by atoms with Gasteiger partial charge in [-0.25, -0.2) is 13.2 Å². The Morgan fingerprint density at radius 1 is 1.14 bits per heavy atom. The molecule has 0 radical (unpaired) electrons.